The molecule has 21 heavy (non-hydrogen) atoms. The summed E-state index contributed by atoms with van der Waals surface area (Å²) in [6.45, 7) is 3.16. The van der Waals surface area contributed by atoms with Gasteiger partial charge in [-0.1, -0.05) is 6.92 Å². The summed E-state index contributed by atoms with van der Waals surface area (Å²) >= 11 is -0.942. The predicted octanol–water partition coefficient (Wildman–Crippen LogP) is -1.000. The number of rotatable bonds is 8. The van der Waals surface area contributed by atoms with E-state index < -0.39 is 11.4 Å². The Labute approximate surface area is 154 Å². The van der Waals surface area contributed by atoms with Crippen molar-refractivity contribution in [3.8, 4) is 11.5 Å². The number of fused-ring (bicyclic) bond motifs is 1. The Morgan fingerprint density at radius 1 is 1.57 bits per heavy atom. The first-order chi connectivity index (χ1) is 9.69. The molecule has 0 N–H and O–H groups in total. The average Bonchev–Trinajstić information content (AvgIpc) is 2.89. The second-order valence-corrected chi connectivity index (χ2v) is 5.69. The number of thiophene rings is 1. The Morgan fingerprint density at radius 3 is 3.05 bits per heavy atom. The van der Waals surface area contributed by atoms with E-state index in [-0.39, 0.29) is 43.2 Å². The summed E-state index contributed by atoms with van der Waals surface area (Å²) in [6.07, 6.45) is 0.687. The Kier molecular flexibility index (Phi) is 9.38. The Hall–Kier alpha value is 0.330. The van der Waals surface area contributed by atoms with E-state index in [9.17, 15) is 8.76 Å². The van der Waals surface area contributed by atoms with Crippen molar-refractivity contribution in [1.82, 2.24) is 0 Å². The topological polar surface area (TPSA) is 77.0 Å². The minimum absolute atomic E-state index is 0. The molecule has 3 unspecified atom stereocenters. The summed E-state index contributed by atoms with van der Waals surface area (Å²) < 4.78 is 42.3. The molecule has 0 aromatic carbocycles. The molecule has 0 aliphatic carbocycles. The SMILES string of the molecule is CCC(CCOCC1COc2cscc2O1)OS(=O)[O-].[H-].[Na+]. The number of ether oxygens (including phenoxy) is 3. The summed E-state index contributed by atoms with van der Waals surface area (Å²) in [4.78, 5) is 0. The van der Waals surface area contributed by atoms with Gasteiger partial charge < -0.3 is 20.2 Å². The standard InChI is InChI=1S/C12H18O6S2.Na.H/c1-2-9(18-20(13)14)3-4-15-5-10-6-16-11-7-19-8-12(11)17-10;;/h7-10H,2-6H2,1H3,(H,13,14);;/q;+1;-1/p-1. The van der Waals surface area contributed by atoms with Gasteiger partial charge in [0.1, 0.15) is 6.61 Å². The van der Waals surface area contributed by atoms with E-state index in [0.717, 1.165) is 11.5 Å². The third-order valence-corrected chi connectivity index (χ3v) is 4.00. The third kappa shape index (κ3) is 6.54. The molecule has 0 amide bonds. The van der Waals surface area contributed by atoms with E-state index in [1.54, 1.807) is 0 Å². The van der Waals surface area contributed by atoms with Gasteiger partial charge in [-0.3, -0.25) is 4.18 Å². The summed E-state index contributed by atoms with van der Waals surface area (Å²) in [5.41, 5.74) is 0. The summed E-state index contributed by atoms with van der Waals surface area (Å²) in [5, 5.41) is 3.80. The van der Waals surface area contributed by atoms with Gasteiger partial charge in [-0.2, -0.15) is 0 Å². The maximum absolute atomic E-state index is 10.4. The molecule has 6 nitrogen and oxygen atoms in total. The van der Waals surface area contributed by atoms with Crippen molar-refractivity contribution in [2.45, 2.75) is 32.0 Å². The molecular formula is C12H18NaO6S2-. The van der Waals surface area contributed by atoms with Crippen LogP contribution in [0.15, 0.2) is 10.8 Å². The molecule has 3 atom stereocenters. The van der Waals surface area contributed by atoms with Crippen LogP contribution in [-0.4, -0.2) is 40.8 Å². The van der Waals surface area contributed by atoms with Crippen molar-refractivity contribution in [3.63, 3.8) is 0 Å². The smallest absolute Gasteiger partial charge is 1.00 e. The Balaban J connectivity index is 0.00000220. The summed E-state index contributed by atoms with van der Waals surface area (Å²) in [5.74, 6) is 1.54. The molecule has 2 heterocycles. The molecule has 0 saturated heterocycles. The molecule has 0 saturated carbocycles. The fourth-order valence-electron chi connectivity index (χ4n) is 1.80. The number of hydrogen-bond donors (Lipinski definition) is 0. The van der Waals surface area contributed by atoms with Gasteiger partial charge in [0.25, 0.3) is 0 Å². The first-order valence-corrected chi connectivity index (χ1v) is 8.33. The first-order valence-electron chi connectivity index (χ1n) is 6.38. The predicted molar refractivity (Wildman–Crippen MR) is 74.9 cm³/mol. The van der Waals surface area contributed by atoms with Gasteiger partial charge in [0, 0.05) is 17.4 Å². The van der Waals surface area contributed by atoms with Crippen LogP contribution in [0.5, 0.6) is 11.5 Å². The van der Waals surface area contributed by atoms with Crippen molar-refractivity contribution < 1.29 is 58.1 Å². The molecule has 0 radical (unpaired) electrons. The Bertz CT molecular complexity index is 447. The van der Waals surface area contributed by atoms with E-state index in [4.69, 9.17) is 18.4 Å². The molecule has 1 aromatic heterocycles. The van der Waals surface area contributed by atoms with Gasteiger partial charge in [-0.05, 0) is 12.8 Å². The molecule has 2 rings (SSSR count). The molecule has 0 fully saturated rings. The average molecular weight is 345 g/mol. The zero-order chi connectivity index (χ0) is 14.4. The van der Waals surface area contributed by atoms with Crippen LogP contribution in [0.2, 0.25) is 0 Å². The van der Waals surface area contributed by atoms with Gasteiger partial charge in [0.05, 0.1) is 24.1 Å². The van der Waals surface area contributed by atoms with Crippen LogP contribution < -0.4 is 39.0 Å². The summed E-state index contributed by atoms with van der Waals surface area (Å²) in [7, 11) is 0. The van der Waals surface area contributed by atoms with Gasteiger partial charge in [-0.15, -0.1) is 11.3 Å². The molecule has 1 aliphatic rings. The molecule has 116 valence electrons. The minimum Gasteiger partial charge on any atom is -1.00 e. The van der Waals surface area contributed by atoms with Crippen LogP contribution in [-0.2, 0) is 20.3 Å². The third-order valence-electron chi connectivity index (χ3n) is 2.87. The van der Waals surface area contributed by atoms with Gasteiger partial charge >= 0.3 is 29.6 Å². The summed E-state index contributed by atoms with van der Waals surface area (Å²) in [6, 6.07) is 0. The van der Waals surface area contributed by atoms with Crippen LogP contribution in [0.25, 0.3) is 0 Å². The minimum atomic E-state index is -2.47. The van der Waals surface area contributed by atoms with Crippen LogP contribution in [0.4, 0.5) is 0 Å². The van der Waals surface area contributed by atoms with Gasteiger partial charge in [-0.25, -0.2) is 4.21 Å². The number of hydrogen-bond acceptors (Lipinski definition) is 7. The zero-order valence-corrected chi connectivity index (χ0v) is 15.7. The molecule has 1 aromatic rings. The molecule has 0 spiro atoms. The van der Waals surface area contributed by atoms with E-state index in [1.165, 1.54) is 11.3 Å². The van der Waals surface area contributed by atoms with Crippen molar-refractivity contribution in [3.05, 3.63) is 10.8 Å². The quantitative estimate of drug-likeness (QED) is 0.342. The second kappa shape index (κ2) is 10.2. The Morgan fingerprint density at radius 2 is 2.33 bits per heavy atom. The molecule has 1 aliphatic heterocycles. The van der Waals surface area contributed by atoms with E-state index in [0.29, 0.717) is 32.7 Å². The fraction of sp³-hybridized carbons (Fsp3) is 0.667. The largest absolute Gasteiger partial charge is 1.00 e. The second-order valence-electron chi connectivity index (χ2n) is 4.35. The van der Waals surface area contributed by atoms with Crippen molar-refractivity contribution in [2.24, 2.45) is 0 Å². The van der Waals surface area contributed by atoms with Crippen LogP contribution in [0.1, 0.15) is 21.2 Å². The van der Waals surface area contributed by atoms with Gasteiger partial charge in [0.2, 0.25) is 0 Å². The molecule has 9 heteroatoms. The molecule has 0 bridgehead atoms. The van der Waals surface area contributed by atoms with E-state index >= 15 is 0 Å². The zero-order valence-electron chi connectivity index (χ0n) is 13.1. The first kappa shape index (κ1) is 19.4. The van der Waals surface area contributed by atoms with Crippen LogP contribution in [0, 0.1) is 0 Å². The normalized spacial score (nSPS) is 19.6. The van der Waals surface area contributed by atoms with Crippen molar-refractivity contribution >= 4 is 22.7 Å². The van der Waals surface area contributed by atoms with Crippen molar-refractivity contribution in [1.29, 1.82) is 0 Å². The van der Waals surface area contributed by atoms with Crippen LogP contribution in [0.3, 0.4) is 0 Å². The molecular weight excluding hydrogens is 327 g/mol. The monoisotopic (exact) mass is 345 g/mol. The van der Waals surface area contributed by atoms with Crippen LogP contribution >= 0.6 is 11.3 Å². The van der Waals surface area contributed by atoms with E-state index in [2.05, 4.69) is 0 Å². The maximum atomic E-state index is 10.4. The van der Waals surface area contributed by atoms with E-state index in [1.807, 2.05) is 17.7 Å². The fourth-order valence-corrected chi connectivity index (χ4v) is 2.93. The van der Waals surface area contributed by atoms with Gasteiger partial charge in [0.15, 0.2) is 17.6 Å². The maximum Gasteiger partial charge on any atom is 1.00 e. The van der Waals surface area contributed by atoms with Crippen molar-refractivity contribution in [2.75, 3.05) is 19.8 Å².